The zero-order chi connectivity index (χ0) is 15.0. The molecule has 21 heavy (non-hydrogen) atoms. The Morgan fingerprint density at radius 2 is 2.05 bits per heavy atom. The minimum atomic E-state index is -0.102. The summed E-state index contributed by atoms with van der Waals surface area (Å²) in [4.78, 5) is 11.7. The highest BCUT2D eigenvalue weighted by atomic mass is 16.1. The lowest BCUT2D eigenvalue weighted by Crippen LogP contribution is -2.21. The third kappa shape index (κ3) is 2.16. The number of fused-ring (bicyclic) bond motifs is 1. The summed E-state index contributed by atoms with van der Waals surface area (Å²) in [7, 11) is 0. The molecule has 0 N–H and O–H groups in total. The van der Waals surface area contributed by atoms with Crippen LogP contribution >= 0.6 is 0 Å². The van der Waals surface area contributed by atoms with Gasteiger partial charge in [-0.2, -0.15) is 10.2 Å². The fraction of sp³-hybridized carbons (Fsp3) is 0.188. The fourth-order valence-corrected chi connectivity index (χ4v) is 2.36. The first-order valence-corrected chi connectivity index (χ1v) is 6.83. The van der Waals surface area contributed by atoms with E-state index in [9.17, 15) is 4.79 Å². The van der Waals surface area contributed by atoms with Crippen LogP contribution in [0.4, 0.5) is 0 Å². The van der Waals surface area contributed by atoms with E-state index in [0.29, 0.717) is 6.54 Å². The summed E-state index contributed by atoms with van der Waals surface area (Å²) in [5.41, 5.74) is 4.15. The number of rotatable bonds is 3. The van der Waals surface area contributed by atoms with Gasteiger partial charge in [-0.15, -0.1) is 0 Å². The van der Waals surface area contributed by atoms with Crippen LogP contribution in [0.25, 0.3) is 22.3 Å². The maximum absolute atomic E-state index is 11.7. The van der Waals surface area contributed by atoms with Crippen LogP contribution in [0.2, 0.25) is 0 Å². The van der Waals surface area contributed by atoms with Crippen molar-refractivity contribution in [3.8, 4) is 11.3 Å². The first-order chi connectivity index (χ1) is 10.1. The van der Waals surface area contributed by atoms with Crippen LogP contribution in [0, 0.1) is 0 Å². The van der Waals surface area contributed by atoms with Crippen molar-refractivity contribution in [2.45, 2.75) is 20.4 Å². The van der Waals surface area contributed by atoms with Gasteiger partial charge in [0.2, 0.25) is 0 Å². The molecule has 0 atom stereocenters. The Kier molecular flexibility index (Phi) is 3.17. The Balaban J connectivity index is 2.35. The van der Waals surface area contributed by atoms with E-state index in [1.54, 1.807) is 12.1 Å². The van der Waals surface area contributed by atoms with Gasteiger partial charge in [-0.1, -0.05) is 12.6 Å². The molecule has 106 valence electrons. The minimum Gasteiger partial charge on any atom is -0.268 e. The van der Waals surface area contributed by atoms with Crippen LogP contribution in [0.3, 0.4) is 0 Å². The predicted octanol–water partition coefficient (Wildman–Crippen LogP) is 2.61. The molecule has 0 aromatic carbocycles. The molecule has 0 spiro atoms. The number of aryl methyl sites for hydroxylation is 1. The van der Waals surface area contributed by atoms with Crippen LogP contribution in [0.5, 0.6) is 0 Å². The Bertz CT molecular complexity index is 889. The third-order valence-corrected chi connectivity index (χ3v) is 3.37. The molecule has 0 aliphatic heterocycles. The van der Waals surface area contributed by atoms with Gasteiger partial charge in [-0.3, -0.25) is 4.79 Å². The van der Waals surface area contributed by atoms with Crippen molar-refractivity contribution < 1.29 is 0 Å². The molecule has 3 aromatic rings. The molecule has 3 rings (SSSR count). The smallest absolute Gasteiger partial charge is 0.266 e. The average molecular weight is 280 g/mol. The Labute approximate surface area is 122 Å². The SMILES string of the molecule is C=C(C)c1nn2ccccc2c1-c1ccc(=O)n(CC)n1. The molecule has 3 heterocycles. The second-order valence-electron chi connectivity index (χ2n) is 4.91. The van der Waals surface area contributed by atoms with Gasteiger partial charge in [0.05, 0.1) is 22.5 Å². The number of nitrogens with zero attached hydrogens (tertiary/aromatic N) is 4. The second-order valence-corrected chi connectivity index (χ2v) is 4.91. The van der Waals surface area contributed by atoms with Crippen molar-refractivity contribution >= 4 is 11.1 Å². The average Bonchev–Trinajstić information content (AvgIpc) is 2.87. The molecule has 0 amide bonds. The van der Waals surface area contributed by atoms with Gasteiger partial charge in [0.25, 0.3) is 5.56 Å². The topological polar surface area (TPSA) is 52.2 Å². The lowest BCUT2D eigenvalue weighted by Gasteiger charge is -2.05. The van der Waals surface area contributed by atoms with E-state index < -0.39 is 0 Å². The third-order valence-electron chi connectivity index (χ3n) is 3.37. The van der Waals surface area contributed by atoms with E-state index in [1.165, 1.54) is 4.68 Å². The number of allylic oxidation sites excluding steroid dienone is 1. The van der Waals surface area contributed by atoms with Crippen molar-refractivity contribution in [3.05, 3.63) is 59.2 Å². The highest BCUT2D eigenvalue weighted by Gasteiger charge is 2.16. The van der Waals surface area contributed by atoms with E-state index >= 15 is 0 Å². The molecule has 0 fully saturated rings. The summed E-state index contributed by atoms with van der Waals surface area (Å²) < 4.78 is 3.26. The van der Waals surface area contributed by atoms with Crippen molar-refractivity contribution in [2.75, 3.05) is 0 Å². The number of aromatic nitrogens is 4. The number of hydrogen-bond acceptors (Lipinski definition) is 3. The highest BCUT2D eigenvalue weighted by Crippen LogP contribution is 2.29. The summed E-state index contributed by atoms with van der Waals surface area (Å²) in [5, 5.41) is 8.99. The molecule has 0 bridgehead atoms. The molecule has 3 aromatic heterocycles. The summed E-state index contributed by atoms with van der Waals surface area (Å²) in [6.07, 6.45) is 1.89. The van der Waals surface area contributed by atoms with Crippen LogP contribution in [0.15, 0.2) is 47.9 Å². The van der Waals surface area contributed by atoms with Crippen LogP contribution in [-0.4, -0.2) is 19.4 Å². The maximum Gasteiger partial charge on any atom is 0.266 e. The van der Waals surface area contributed by atoms with E-state index in [0.717, 1.165) is 28.0 Å². The van der Waals surface area contributed by atoms with Gasteiger partial charge in [0, 0.05) is 18.8 Å². The quantitative estimate of drug-likeness (QED) is 0.741. The molecule has 0 saturated carbocycles. The standard InChI is InChI=1S/C16H16N4O/c1-4-19-14(21)9-8-12(17-19)15-13-7-5-6-10-20(13)18-16(15)11(2)3/h5-10H,2,4H2,1,3H3. The monoisotopic (exact) mass is 280 g/mol. The molecule has 0 aliphatic carbocycles. The zero-order valence-corrected chi connectivity index (χ0v) is 12.1. The molecule has 5 nitrogen and oxygen atoms in total. The summed E-state index contributed by atoms with van der Waals surface area (Å²) in [5.74, 6) is 0. The molecular formula is C16H16N4O. The lowest BCUT2D eigenvalue weighted by atomic mass is 10.1. The summed E-state index contributed by atoms with van der Waals surface area (Å²) in [6.45, 7) is 8.35. The van der Waals surface area contributed by atoms with Crippen molar-refractivity contribution in [1.82, 2.24) is 19.4 Å². The fourth-order valence-electron chi connectivity index (χ4n) is 2.36. The molecular weight excluding hydrogens is 264 g/mol. The molecule has 0 radical (unpaired) electrons. The summed E-state index contributed by atoms with van der Waals surface area (Å²) in [6, 6.07) is 9.15. The van der Waals surface area contributed by atoms with Crippen molar-refractivity contribution in [3.63, 3.8) is 0 Å². The molecule has 0 aliphatic rings. The van der Waals surface area contributed by atoms with E-state index in [-0.39, 0.29) is 5.56 Å². The summed E-state index contributed by atoms with van der Waals surface area (Å²) >= 11 is 0. The molecule has 5 heteroatoms. The van der Waals surface area contributed by atoms with Crippen molar-refractivity contribution in [2.24, 2.45) is 0 Å². The Hall–Kier alpha value is -2.69. The minimum absolute atomic E-state index is 0.102. The van der Waals surface area contributed by atoms with Crippen LogP contribution in [0.1, 0.15) is 19.5 Å². The van der Waals surface area contributed by atoms with Gasteiger partial charge >= 0.3 is 0 Å². The predicted molar refractivity (Wildman–Crippen MR) is 83.1 cm³/mol. The first kappa shape index (κ1) is 13.3. The van der Waals surface area contributed by atoms with Crippen LogP contribution in [-0.2, 0) is 6.54 Å². The van der Waals surface area contributed by atoms with Gasteiger partial charge in [-0.25, -0.2) is 9.20 Å². The second kappa shape index (κ2) is 5.01. The van der Waals surface area contributed by atoms with E-state index in [2.05, 4.69) is 16.8 Å². The zero-order valence-electron chi connectivity index (χ0n) is 12.1. The van der Waals surface area contributed by atoms with Gasteiger partial charge in [0.15, 0.2) is 0 Å². The van der Waals surface area contributed by atoms with Gasteiger partial charge < -0.3 is 0 Å². The van der Waals surface area contributed by atoms with Crippen LogP contribution < -0.4 is 5.56 Å². The van der Waals surface area contributed by atoms with Gasteiger partial charge in [-0.05, 0) is 37.6 Å². The van der Waals surface area contributed by atoms with E-state index in [1.807, 2.05) is 42.8 Å². The molecule has 0 saturated heterocycles. The van der Waals surface area contributed by atoms with E-state index in [4.69, 9.17) is 0 Å². The van der Waals surface area contributed by atoms with Gasteiger partial charge in [0.1, 0.15) is 0 Å². The molecule has 0 unspecified atom stereocenters. The highest BCUT2D eigenvalue weighted by molar-refractivity contribution is 5.87. The largest absolute Gasteiger partial charge is 0.268 e. The number of pyridine rings is 1. The normalized spacial score (nSPS) is 11.0. The Morgan fingerprint density at radius 3 is 2.76 bits per heavy atom. The first-order valence-electron chi connectivity index (χ1n) is 6.83. The number of hydrogen-bond donors (Lipinski definition) is 0. The van der Waals surface area contributed by atoms with Crippen molar-refractivity contribution in [1.29, 1.82) is 0 Å². The lowest BCUT2D eigenvalue weighted by molar-refractivity contribution is 0.619. The maximum atomic E-state index is 11.7. The Morgan fingerprint density at radius 1 is 1.24 bits per heavy atom.